The predicted octanol–water partition coefficient (Wildman–Crippen LogP) is 1.98. The molecule has 2 aliphatic rings. The van der Waals surface area contributed by atoms with Crippen molar-refractivity contribution in [1.82, 2.24) is 15.1 Å². The molecule has 7 heteroatoms. The molecule has 2 fully saturated rings. The minimum absolute atomic E-state index is 0.0571. The van der Waals surface area contributed by atoms with Gasteiger partial charge in [-0.1, -0.05) is 24.3 Å². The van der Waals surface area contributed by atoms with Gasteiger partial charge in [0.2, 0.25) is 5.91 Å². The summed E-state index contributed by atoms with van der Waals surface area (Å²) in [5.74, 6) is 1.82. The lowest BCUT2D eigenvalue weighted by atomic mass is 10.1. The van der Waals surface area contributed by atoms with Crippen LogP contribution in [0.25, 0.3) is 6.08 Å². The number of piperazine rings is 1. The third-order valence-electron chi connectivity index (χ3n) is 5.48. The molecule has 2 aliphatic heterocycles. The Hall–Kier alpha value is -2.93. The van der Waals surface area contributed by atoms with Crippen molar-refractivity contribution in [2.24, 2.45) is 0 Å². The largest absolute Gasteiger partial charge is 0.378 e. The molecule has 0 aliphatic carbocycles. The van der Waals surface area contributed by atoms with Crippen molar-refractivity contribution in [2.75, 3.05) is 62.3 Å². The van der Waals surface area contributed by atoms with Gasteiger partial charge in [-0.2, -0.15) is 0 Å². The highest BCUT2D eigenvalue weighted by Crippen LogP contribution is 2.18. The first-order valence-corrected chi connectivity index (χ1v) is 10.1. The van der Waals surface area contributed by atoms with Crippen molar-refractivity contribution >= 4 is 23.6 Å². The van der Waals surface area contributed by atoms with Gasteiger partial charge in [0, 0.05) is 45.3 Å². The van der Waals surface area contributed by atoms with Crippen LogP contribution in [0.5, 0.6) is 0 Å². The van der Waals surface area contributed by atoms with E-state index in [0.717, 1.165) is 56.6 Å². The van der Waals surface area contributed by atoms with Crippen LogP contribution in [-0.4, -0.2) is 73.5 Å². The molecule has 1 amide bonds. The maximum absolute atomic E-state index is 12.5. The van der Waals surface area contributed by atoms with Crippen LogP contribution in [0.1, 0.15) is 11.1 Å². The number of hydrogen-bond donors (Lipinski definition) is 0. The Morgan fingerprint density at radius 3 is 2.14 bits per heavy atom. The summed E-state index contributed by atoms with van der Waals surface area (Å²) >= 11 is 0. The quantitative estimate of drug-likeness (QED) is 0.741. The molecule has 0 atom stereocenters. The Morgan fingerprint density at radius 1 is 0.897 bits per heavy atom. The standard InChI is InChI=1S/C22H27N5O2/c1-18-4-2-3-5-19(18)6-9-22(28)27-12-10-25(11-13-27)20-7-8-21(24-23-20)26-14-16-29-17-15-26/h2-9H,10-17H2,1H3/b9-6+. The first-order chi connectivity index (χ1) is 14.2. The van der Waals surface area contributed by atoms with E-state index in [1.165, 1.54) is 5.56 Å². The number of aromatic nitrogens is 2. The molecule has 1 aromatic carbocycles. The van der Waals surface area contributed by atoms with Crippen molar-refractivity contribution in [1.29, 1.82) is 0 Å². The minimum atomic E-state index is 0.0571. The highest BCUT2D eigenvalue weighted by Gasteiger charge is 2.21. The fraction of sp³-hybridized carbons (Fsp3) is 0.409. The molecule has 1 aromatic heterocycles. The van der Waals surface area contributed by atoms with E-state index in [0.29, 0.717) is 13.1 Å². The molecule has 3 heterocycles. The summed E-state index contributed by atoms with van der Waals surface area (Å²) in [5.41, 5.74) is 2.25. The number of rotatable bonds is 4. The molecule has 29 heavy (non-hydrogen) atoms. The maximum Gasteiger partial charge on any atom is 0.246 e. The SMILES string of the molecule is Cc1ccccc1/C=C/C(=O)N1CCN(c2ccc(N3CCOCC3)nn2)CC1. The first-order valence-electron chi connectivity index (χ1n) is 10.1. The van der Waals surface area contributed by atoms with Crippen molar-refractivity contribution in [2.45, 2.75) is 6.92 Å². The average Bonchev–Trinajstić information content (AvgIpc) is 2.79. The zero-order valence-corrected chi connectivity index (χ0v) is 16.8. The minimum Gasteiger partial charge on any atom is -0.378 e. The smallest absolute Gasteiger partial charge is 0.246 e. The second kappa shape index (κ2) is 9.05. The topological polar surface area (TPSA) is 61.8 Å². The lowest BCUT2D eigenvalue weighted by Gasteiger charge is -2.35. The van der Waals surface area contributed by atoms with E-state index in [-0.39, 0.29) is 5.91 Å². The molecule has 4 rings (SSSR count). The van der Waals surface area contributed by atoms with E-state index < -0.39 is 0 Å². The van der Waals surface area contributed by atoms with Gasteiger partial charge in [0.1, 0.15) is 0 Å². The Balaban J connectivity index is 1.31. The molecule has 0 unspecified atom stereocenters. The normalized spacial score (nSPS) is 17.8. The third kappa shape index (κ3) is 4.74. The summed E-state index contributed by atoms with van der Waals surface area (Å²) in [6.45, 7) is 8.11. The Kier molecular flexibility index (Phi) is 6.05. The fourth-order valence-corrected chi connectivity index (χ4v) is 3.64. The van der Waals surface area contributed by atoms with Crippen LogP contribution in [0.4, 0.5) is 11.6 Å². The van der Waals surface area contributed by atoms with E-state index >= 15 is 0 Å². The lowest BCUT2D eigenvalue weighted by Crippen LogP contribution is -2.48. The van der Waals surface area contributed by atoms with Crippen molar-refractivity contribution in [3.63, 3.8) is 0 Å². The number of carbonyl (C=O) groups excluding carboxylic acids is 1. The Morgan fingerprint density at radius 2 is 1.52 bits per heavy atom. The van der Waals surface area contributed by atoms with Gasteiger partial charge >= 0.3 is 0 Å². The van der Waals surface area contributed by atoms with Crippen LogP contribution in [-0.2, 0) is 9.53 Å². The van der Waals surface area contributed by atoms with E-state index in [2.05, 4.69) is 20.0 Å². The third-order valence-corrected chi connectivity index (χ3v) is 5.48. The highest BCUT2D eigenvalue weighted by atomic mass is 16.5. The molecular weight excluding hydrogens is 366 g/mol. The molecule has 0 radical (unpaired) electrons. The number of carbonyl (C=O) groups is 1. The molecule has 152 valence electrons. The number of benzene rings is 1. The predicted molar refractivity (Wildman–Crippen MR) is 114 cm³/mol. The van der Waals surface area contributed by atoms with E-state index in [1.54, 1.807) is 6.08 Å². The summed E-state index contributed by atoms with van der Waals surface area (Å²) in [6, 6.07) is 12.1. The monoisotopic (exact) mass is 393 g/mol. The number of ether oxygens (including phenoxy) is 1. The van der Waals surface area contributed by atoms with Gasteiger partial charge in [0.25, 0.3) is 0 Å². The number of nitrogens with zero attached hydrogens (tertiary/aromatic N) is 5. The van der Waals surface area contributed by atoms with Gasteiger partial charge in [0.15, 0.2) is 11.6 Å². The zero-order valence-electron chi connectivity index (χ0n) is 16.8. The second-order valence-electron chi connectivity index (χ2n) is 7.35. The summed E-state index contributed by atoms with van der Waals surface area (Å²) in [6.07, 6.45) is 3.58. The number of aryl methyl sites for hydroxylation is 1. The number of anilines is 2. The second-order valence-corrected chi connectivity index (χ2v) is 7.35. The van der Waals surface area contributed by atoms with Crippen molar-refractivity contribution < 1.29 is 9.53 Å². The van der Waals surface area contributed by atoms with Crippen LogP contribution in [0.2, 0.25) is 0 Å². The average molecular weight is 393 g/mol. The molecule has 0 N–H and O–H groups in total. The summed E-state index contributed by atoms with van der Waals surface area (Å²) in [7, 11) is 0. The molecular formula is C22H27N5O2. The van der Waals surface area contributed by atoms with E-state index in [4.69, 9.17) is 4.74 Å². The van der Waals surface area contributed by atoms with Gasteiger partial charge in [0.05, 0.1) is 13.2 Å². The Bertz CT molecular complexity index is 854. The van der Waals surface area contributed by atoms with Crippen molar-refractivity contribution in [3.05, 3.63) is 53.6 Å². The zero-order chi connectivity index (χ0) is 20.1. The number of morpholine rings is 1. The summed E-state index contributed by atoms with van der Waals surface area (Å²) in [4.78, 5) is 18.8. The van der Waals surface area contributed by atoms with E-state index in [9.17, 15) is 4.79 Å². The van der Waals surface area contributed by atoms with Crippen LogP contribution in [0, 0.1) is 6.92 Å². The fourth-order valence-electron chi connectivity index (χ4n) is 3.64. The van der Waals surface area contributed by atoms with E-state index in [1.807, 2.05) is 54.3 Å². The maximum atomic E-state index is 12.5. The molecule has 7 nitrogen and oxygen atoms in total. The first kappa shape index (κ1) is 19.4. The van der Waals surface area contributed by atoms with Gasteiger partial charge in [-0.15, -0.1) is 10.2 Å². The van der Waals surface area contributed by atoms with Crippen LogP contribution >= 0.6 is 0 Å². The Labute approximate surface area is 171 Å². The van der Waals surface area contributed by atoms with Crippen LogP contribution < -0.4 is 9.80 Å². The summed E-state index contributed by atoms with van der Waals surface area (Å²) in [5, 5.41) is 8.80. The number of hydrogen-bond acceptors (Lipinski definition) is 6. The van der Waals surface area contributed by atoms with Gasteiger partial charge in [-0.05, 0) is 36.3 Å². The van der Waals surface area contributed by atoms with Gasteiger partial charge < -0.3 is 19.4 Å². The highest BCUT2D eigenvalue weighted by molar-refractivity contribution is 5.92. The molecule has 2 aromatic rings. The summed E-state index contributed by atoms with van der Waals surface area (Å²) < 4.78 is 5.38. The molecule has 2 saturated heterocycles. The van der Waals surface area contributed by atoms with Crippen LogP contribution in [0.3, 0.4) is 0 Å². The number of amides is 1. The van der Waals surface area contributed by atoms with Crippen molar-refractivity contribution in [3.8, 4) is 0 Å². The lowest BCUT2D eigenvalue weighted by molar-refractivity contribution is -0.126. The van der Waals surface area contributed by atoms with Gasteiger partial charge in [-0.3, -0.25) is 4.79 Å². The molecule has 0 spiro atoms. The van der Waals surface area contributed by atoms with Gasteiger partial charge in [-0.25, -0.2) is 0 Å². The molecule has 0 saturated carbocycles. The van der Waals surface area contributed by atoms with Crippen LogP contribution in [0.15, 0.2) is 42.5 Å². The molecule has 0 bridgehead atoms.